The van der Waals surface area contributed by atoms with Gasteiger partial charge in [-0.15, -0.1) is 0 Å². The van der Waals surface area contributed by atoms with E-state index < -0.39 is 0 Å². The molecular weight excluding hydrogens is 470 g/mol. The molecule has 3 aromatic carbocycles. The van der Waals surface area contributed by atoms with Gasteiger partial charge in [0.05, 0.1) is 6.61 Å². The largest absolute Gasteiger partial charge is 0.493 e. The van der Waals surface area contributed by atoms with Crippen LogP contribution in [-0.2, 0) is 0 Å². The number of anilines is 1. The average Bonchev–Trinajstić information content (AvgIpc) is 3.31. The van der Waals surface area contributed by atoms with Crippen LogP contribution in [0.4, 0.5) is 5.69 Å². The molecule has 0 spiro atoms. The van der Waals surface area contributed by atoms with Crippen LogP contribution in [0.15, 0.2) is 71.1 Å². The number of hydrogen-bond acceptors (Lipinski definition) is 5. The molecule has 0 radical (unpaired) electrons. The van der Waals surface area contributed by atoms with Crippen molar-refractivity contribution in [3.8, 4) is 17.2 Å². The standard InChI is InChI=1S/C29H31N3O3S/c1-5-19(4)22-10-15-26-25(16-22)31-28(35-26)21-6-11-23(12-7-21)30-29(36)32-27(33)20-8-13-24(14-9-20)34-17-18(2)3/h6-16,18-19H,5,17H2,1-4H3,(H2,30,32,33,36)/t19-/m1/s1. The zero-order valence-electron chi connectivity index (χ0n) is 21.0. The summed E-state index contributed by atoms with van der Waals surface area (Å²) in [6, 6.07) is 20.7. The van der Waals surface area contributed by atoms with Gasteiger partial charge in [-0.25, -0.2) is 4.98 Å². The predicted octanol–water partition coefficient (Wildman–Crippen LogP) is 7.17. The maximum atomic E-state index is 12.5. The van der Waals surface area contributed by atoms with Crippen molar-refractivity contribution >= 4 is 40.0 Å². The first-order chi connectivity index (χ1) is 17.3. The van der Waals surface area contributed by atoms with E-state index >= 15 is 0 Å². The Morgan fingerprint density at radius 2 is 1.75 bits per heavy atom. The fourth-order valence-corrected chi connectivity index (χ4v) is 3.82. The van der Waals surface area contributed by atoms with Gasteiger partial charge in [0.15, 0.2) is 10.7 Å². The Labute approximate surface area is 217 Å². The van der Waals surface area contributed by atoms with Gasteiger partial charge >= 0.3 is 0 Å². The van der Waals surface area contributed by atoms with E-state index in [2.05, 4.69) is 55.4 Å². The third kappa shape index (κ3) is 6.29. The van der Waals surface area contributed by atoms with Gasteiger partial charge < -0.3 is 14.5 Å². The number of hydrogen-bond donors (Lipinski definition) is 2. The van der Waals surface area contributed by atoms with Crippen LogP contribution in [-0.4, -0.2) is 22.6 Å². The number of ether oxygens (including phenoxy) is 1. The minimum absolute atomic E-state index is 0.215. The third-order valence-electron chi connectivity index (χ3n) is 5.91. The SMILES string of the molecule is CC[C@@H](C)c1ccc2oc(-c3ccc(NC(=S)NC(=O)c4ccc(OCC(C)C)cc4)cc3)nc2c1. The molecule has 1 heterocycles. The zero-order valence-corrected chi connectivity index (χ0v) is 21.8. The highest BCUT2D eigenvalue weighted by atomic mass is 32.1. The number of rotatable bonds is 8. The Morgan fingerprint density at radius 3 is 2.42 bits per heavy atom. The summed E-state index contributed by atoms with van der Waals surface area (Å²) in [6.07, 6.45) is 1.08. The summed E-state index contributed by atoms with van der Waals surface area (Å²) in [7, 11) is 0. The molecule has 0 unspecified atom stereocenters. The first kappa shape index (κ1) is 25.4. The van der Waals surface area contributed by atoms with Crippen LogP contribution in [0.3, 0.4) is 0 Å². The van der Waals surface area contributed by atoms with Crippen molar-refractivity contribution < 1.29 is 13.9 Å². The Kier molecular flexibility index (Phi) is 8.00. The lowest BCUT2D eigenvalue weighted by Crippen LogP contribution is -2.34. The fraction of sp³-hybridized carbons (Fsp3) is 0.276. The van der Waals surface area contributed by atoms with Crippen LogP contribution >= 0.6 is 12.2 Å². The molecule has 1 atom stereocenters. The molecule has 1 aromatic heterocycles. The second-order valence-corrected chi connectivity index (χ2v) is 9.68. The van der Waals surface area contributed by atoms with Crippen molar-refractivity contribution in [2.45, 2.75) is 40.0 Å². The third-order valence-corrected chi connectivity index (χ3v) is 6.11. The molecule has 0 aliphatic heterocycles. The number of thiocarbonyl (C=S) groups is 1. The smallest absolute Gasteiger partial charge is 0.257 e. The van der Waals surface area contributed by atoms with Gasteiger partial charge in [-0.2, -0.15) is 0 Å². The van der Waals surface area contributed by atoms with Crippen molar-refractivity contribution in [2.75, 3.05) is 11.9 Å². The molecule has 0 aliphatic rings. The van der Waals surface area contributed by atoms with Crippen molar-refractivity contribution in [1.82, 2.24) is 10.3 Å². The normalized spacial score (nSPS) is 11.9. The van der Waals surface area contributed by atoms with E-state index in [4.69, 9.17) is 21.4 Å². The summed E-state index contributed by atoms with van der Waals surface area (Å²) in [6.45, 7) is 9.19. The second kappa shape index (κ2) is 11.4. The highest BCUT2D eigenvalue weighted by Crippen LogP contribution is 2.28. The topological polar surface area (TPSA) is 76.4 Å². The lowest BCUT2D eigenvalue weighted by atomic mass is 9.98. The first-order valence-corrected chi connectivity index (χ1v) is 12.6. The van der Waals surface area contributed by atoms with Crippen molar-refractivity contribution in [3.63, 3.8) is 0 Å². The molecule has 7 heteroatoms. The van der Waals surface area contributed by atoms with E-state index in [1.165, 1.54) is 5.56 Å². The molecule has 0 saturated carbocycles. The Hall–Kier alpha value is -3.71. The average molecular weight is 502 g/mol. The monoisotopic (exact) mass is 501 g/mol. The fourth-order valence-electron chi connectivity index (χ4n) is 3.61. The maximum absolute atomic E-state index is 12.5. The minimum Gasteiger partial charge on any atom is -0.493 e. The van der Waals surface area contributed by atoms with Crippen molar-refractivity contribution in [3.05, 3.63) is 77.9 Å². The summed E-state index contributed by atoms with van der Waals surface area (Å²) in [5.41, 5.74) is 4.98. The number of fused-ring (bicyclic) bond motifs is 1. The number of carbonyl (C=O) groups excluding carboxylic acids is 1. The lowest BCUT2D eigenvalue weighted by Gasteiger charge is -2.11. The molecule has 0 bridgehead atoms. The number of oxazole rings is 1. The van der Waals surface area contributed by atoms with Crippen LogP contribution in [0.25, 0.3) is 22.6 Å². The highest BCUT2D eigenvalue weighted by molar-refractivity contribution is 7.80. The maximum Gasteiger partial charge on any atom is 0.257 e. The van der Waals surface area contributed by atoms with Crippen molar-refractivity contribution in [1.29, 1.82) is 0 Å². The molecule has 6 nitrogen and oxygen atoms in total. The second-order valence-electron chi connectivity index (χ2n) is 9.27. The molecule has 4 aromatic rings. The number of benzene rings is 3. The minimum atomic E-state index is -0.289. The molecule has 0 saturated heterocycles. The first-order valence-electron chi connectivity index (χ1n) is 12.2. The van der Waals surface area contributed by atoms with Gasteiger partial charge in [0.25, 0.3) is 5.91 Å². The van der Waals surface area contributed by atoms with Gasteiger partial charge in [-0.05, 0) is 96.7 Å². The number of nitrogens with one attached hydrogen (secondary N) is 2. The van der Waals surface area contributed by atoms with Crippen LogP contribution in [0.2, 0.25) is 0 Å². The van der Waals surface area contributed by atoms with E-state index in [-0.39, 0.29) is 11.0 Å². The van der Waals surface area contributed by atoms with Gasteiger partial charge in [0.1, 0.15) is 11.3 Å². The van der Waals surface area contributed by atoms with Gasteiger partial charge in [0, 0.05) is 16.8 Å². The molecule has 0 fully saturated rings. The quantitative estimate of drug-likeness (QED) is 0.249. The van der Waals surface area contributed by atoms with E-state index in [0.717, 1.165) is 34.5 Å². The van der Waals surface area contributed by atoms with Crippen LogP contribution in [0, 0.1) is 5.92 Å². The molecule has 2 N–H and O–H groups in total. The van der Waals surface area contributed by atoms with Crippen molar-refractivity contribution in [2.24, 2.45) is 5.92 Å². The van der Waals surface area contributed by atoms with Gasteiger partial charge in [-0.3, -0.25) is 10.1 Å². The van der Waals surface area contributed by atoms with Gasteiger partial charge in [-0.1, -0.05) is 33.8 Å². The van der Waals surface area contributed by atoms with Gasteiger partial charge in [0.2, 0.25) is 5.89 Å². The predicted molar refractivity (Wildman–Crippen MR) is 149 cm³/mol. The Balaban J connectivity index is 1.36. The van der Waals surface area contributed by atoms with E-state index in [0.29, 0.717) is 29.9 Å². The molecular formula is C29H31N3O3S. The zero-order chi connectivity index (χ0) is 25.7. The summed E-state index contributed by atoms with van der Waals surface area (Å²) in [4.78, 5) is 17.2. The van der Waals surface area contributed by atoms with Crippen LogP contribution in [0.1, 0.15) is 56.0 Å². The molecule has 0 aliphatic carbocycles. The van der Waals surface area contributed by atoms with E-state index in [1.54, 1.807) is 24.3 Å². The summed E-state index contributed by atoms with van der Waals surface area (Å²) >= 11 is 5.32. The Morgan fingerprint density at radius 1 is 1.03 bits per heavy atom. The lowest BCUT2D eigenvalue weighted by molar-refractivity contribution is 0.0977. The van der Waals surface area contributed by atoms with E-state index in [9.17, 15) is 4.79 Å². The number of amides is 1. The van der Waals surface area contributed by atoms with Crippen LogP contribution < -0.4 is 15.4 Å². The molecule has 36 heavy (non-hydrogen) atoms. The molecule has 186 valence electrons. The number of aromatic nitrogens is 1. The molecule has 4 rings (SSSR count). The molecule has 1 amide bonds. The van der Waals surface area contributed by atoms with Crippen LogP contribution in [0.5, 0.6) is 5.75 Å². The highest BCUT2D eigenvalue weighted by Gasteiger charge is 2.12. The summed E-state index contributed by atoms with van der Waals surface area (Å²) < 4.78 is 11.6. The number of carbonyl (C=O) groups is 1. The summed E-state index contributed by atoms with van der Waals surface area (Å²) in [5.74, 6) is 1.92. The summed E-state index contributed by atoms with van der Waals surface area (Å²) in [5, 5.41) is 5.96. The Bertz CT molecular complexity index is 1340. The van der Waals surface area contributed by atoms with E-state index in [1.807, 2.05) is 30.3 Å². The number of nitrogens with zero attached hydrogens (tertiary/aromatic N) is 1.